The van der Waals surface area contributed by atoms with Gasteiger partial charge in [0.2, 0.25) is 0 Å². The van der Waals surface area contributed by atoms with Crippen molar-refractivity contribution >= 4 is 39.1 Å². The lowest BCUT2D eigenvalue weighted by molar-refractivity contribution is -0.153. The SMILES string of the molecule is Cc1ccc(NC(=O)C(C)OC(=O)CCn2cnc3sc4c(c3c2=O)CCCC4)c(C)c1. The van der Waals surface area contributed by atoms with Crippen molar-refractivity contribution in [2.45, 2.75) is 65.5 Å². The molecular formula is C24H27N3O4S. The third kappa shape index (κ3) is 4.60. The molecule has 1 aliphatic rings. The van der Waals surface area contributed by atoms with Crippen LogP contribution < -0.4 is 10.9 Å². The fraction of sp³-hybridized carbons (Fsp3) is 0.417. The topological polar surface area (TPSA) is 90.3 Å². The summed E-state index contributed by atoms with van der Waals surface area (Å²) in [6, 6.07) is 5.71. The molecule has 0 aliphatic heterocycles. The highest BCUT2D eigenvalue weighted by Gasteiger charge is 2.21. The van der Waals surface area contributed by atoms with Crippen LogP contribution in [-0.4, -0.2) is 27.5 Å². The molecule has 3 aromatic rings. The fourth-order valence-electron chi connectivity index (χ4n) is 4.05. The number of rotatable bonds is 6. The van der Waals surface area contributed by atoms with Crippen LogP contribution in [0, 0.1) is 13.8 Å². The molecule has 168 valence electrons. The average molecular weight is 454 g/mol. The first kappa shape index (κ1) is 22.2. The van der Waals surface area contributed by atoms with E-state index in [-0.39, 0.29) is 18.5 Å². The van der Waals surface area contributed by atoms with Crippen molar-refractivity contribution in [2.75, 3.05) is 5.32 Å². The number of hydrogen-bond acceptors (Lipinski definition) is 6. The van der Waals surface area contributed by atoms with Gasteiger partial charge < -0.3 is 10.1 Å². The van der Waals surface area contributed by atoms with E-state index in [4.69, 9.17) is 4.74 Å². The first-order valence-corrected chi connectivity index (χ1v) is 11.7. The second-order valence-corrected chi connectivity index (χ2v) is 9.41. The van der Waals surface area contributed by atoms with Gasteiger partial charge in [0.25, 0.3) is 11.5 Å². The van der Waals surface area contributed by atoms with Gasteiger partial charge in [-0.05, 0) is 63.6 Å². The van der Waals surface area contributed by atoms with E-state index in [0.717, 1.165) is 47.2 Å². The van der Waals surface area contributed by atoms with Gasteiger partial charge in [-0.2, -0.15) is 0 Å². The molecule has 8 heteroatoms. The third-order valence-corrected chi connectivity index (χ3v) is 7.02. The van der Waals surface area contributed by atoms with Gasteiger partial charge in [0, 0.05) is 17.1 Å². The monoisotopic (exact) mass is 453 g/mol. The van der Waals surface area contributed by atoms with Crippen LogP contribution >= 0.6 is 11.3 Å². The highest BCUT2D eigenvalue weighted by atomic mass is 32.1. The Morgan fingerprint density at radius 2 is 2.03 bits per heavy atom. The summed E-state index contributed by atoms with van der Waals surface area (Å²) in [6.45, 7) is 5.59. The van der Waals surface area contributed by atoms with Crippen LogP contribution in [0.15, 0.2) is 29.3 Å². The van der Waals surface area contributed by atoms with E-state index in [0.29, 0.717) is 11.1 Å². The van der Waals surface area contributed by atoms with Crippen molar-refractivity contribution in [3.05, 3.63) is 56.4 Å². The predicted molar refractivity (Wildman–Crippen MR) is 125 cm³/mol. The predicted octanol–water partition coefficient (Wildman–Crippen LogP) is 3.91. The van der Waals surface area contributed by atoms with E-state index in [1.54, 1.807) is 11.3 Å². The van der Waals surface area contributed by atoms with Crippen molar-refractivity contribution in [2.24, 2.45) is 0 Å². The zero-order chi connectivity index (χ0) is 22.8. The molecule has 1 aliphatic carbocycles. The Morgan fingerprint density at radius 1 is 1.25 bits per heavy atom. The Morgan fingerprint density at radius 3 is 2.81 bits per heavy atom. The fourth-order valence-corrected chi connectivity index (χ4v) is 5.27. The second kappa shape index (κ2) is 9.24. The number of aryl methyl sites for hydroxylation is 5. The standard InChI is InChI=1S/C24H27N3O4S/c1-14-8-9-18(15(2)12-14)26-22(29)16(3)31-20(28)10-11-27-13-25-23-21(24(27)30)17-6-4-5-7-19(17)32-23/h8-9,12-13,16H,4-7,10-11H2,1-3H3,(H,26,29). The molecule has 0 saturated carbocycles. The van der Waals surface area contributed by atoms with E-state index in [2.05, 4.69) is 10.3 Å². The van der Waals surface area contributed by atoms with Crippen molar-refractivity contribution in [3.63, 3.8) is 0 Å². The minimum absolute atomic E-state index is 0.0133. The number of ether oxygens (including phenoxy) is 1. The average Bonchev–Trinajstić information content (AvgIpc) is 3.14. The molecule has 2 aromatic heterocycles. The molecule has 0 saturated heterocycles. The maximum Gasteiger partial charge on any atom is 0.308 e. The number of nitrogens with one attached hydrogen (secondary N) is 1. The Bertz CT molecular complexity index is 1240. The molecule has 1 atom stereocenters. The lowest BCUT2D eigenvalue weighted by Crippen LogP contribution is -2.31. The molecule has 0 bridgehead atoms. The number of amides is 1. The summed E-state index contributed by atoms with van der Waals surface area (Å²) in [6.07, 6.45) is 4.69. The number of fused-ring (bicyclic) bond motifs is 3. The van der Waals surface area contributed by atoms with E-state index in [1.165, 1.54) is 22.7 Å². The minimum Gasteiger partial charge on any atom is -0.452 e. The summed E-state index contributed by atoms with van der Waals surface area (Å²) < 4.78 is 6.75. The van der Waals surface area contributed by atoms with Crippen LogP contribution in [0.1, 0.15) is 47.8 Å². The maximum atomic E-state index is 13.0. The summed E-state index contributed by atoms with van der Waals surface area (Å²) in [7, 11) is 0. The van der Waals surface area contributed by atoms with E-state index in [9.17, 15) is 14.4 Å². The van der Waals surface area contributed by atoms with Gasteiger partial charge in [-0.25, -0.2) is 4.98 Å². The Hall–Kier alpha value is -3.00. The zero-order valence-electron chi connectivity index (χ0n) is 18.6. The summed E-state index contributed by atoms with van der Waals surface area (Å²) in [5, 5.41) is 3.49. The number of carbonyl (C=O) groups is 2. The summed E-state index contributed by atoms with van der Waals surface area (Å²) in [4.78, 5) is 44.2. The number of nitrogens with zero attached hydrogens (tertiary/aromatic N) is 2. The molecule has 1 N–H and O–H groups in total. The van der Waals surface area contributed by atoms with Gasteiger partial charge in [0.05, 0.1) is 18.1 Å². The Kier molecular flexibility index (Phi) is 6.41. The van der Waals surface area contributed by atoms with Crippen LogP contribution in [0.5, 0.6) is 0 Å². The molecule has 4 rings (SSSR count). The Labute approximate surface area is 190 Å². The van der Waals surface area contributed by atoms with E-state index < -0.39 is 18.0 Å². The Balaban J connectivity index is 1.37. The van der Waals surface area contributed by atoms with E-state index >= 15 is 0 Å². The number of hydrogen-bond donors (Lipinski definition) is 1. The number of thiophene rings is 1. The van der Waals surface area contributed by atoms with Gasteiger partial charge in [-0.15, -0.1) is 11.3 Å². The molecule has 2 heterocycles. The van der Waals surface area contributed by atoms with Gasteiger partial charge in [-0.1, -0.05) is 17.7 Å². The second-order valence-electron chi connectivity index (χ2n) is 8.32. The highest BCUT2D eigenvalue weighted by molar-refractivity contribution is 7.18. The zero-order valence-corrected chi connectivity index (χ0v) is 19.4. The molecule has 0 spiro atoms. The van der Waals surface area contributed by atoms with Crippen molar-refractivity contribution in [1.82, 2.24) is 9.55 Å². The quantitative estimate of drug-likeness (QED) is 0.572. The van der Waals surface area contributed by atoms with Crippen LogP contribution in [0.4, 0.5) is 5.69 Å². The van der Waals surface area contributed by atoms with Crippen LogP contribution in [0.25, 0.3) is 10.2 Å². The smallest absolute Gasteiger partial charge is 0.308 e. The molecule has 1 aromatic carbocycles. The van der Waals surface area contributed by atoms with Gasteiger partial charge >= 0.3 is 5.97 Å². The van der Waals surface area contributed by atoms with Crippen LogP contribution in [0.2, 0.25) is 0 Å². The molecule has 0 fully saturated rings. The molecule has 1 unspecified atom stereocenters. The largest absolute Gasteiger partial charge is 0.452 e. The minimum atomic E-state index is -0.940. The number of benzene rings is 1. The van der Waals surface area contributed by atoms with E-state index in [1.807, 2.05) is 32.0 Å². The maximum absolute atomic E-state index is 13.0. The van der Waals surface area contributed by atoms with Crippen molar-refractivity contribution in [3.8, 4) is 0 Å². The third-order valence-electron chi connectivity index (χ3n) is 5.82. The molecule has 32 heavy (non-hydrogen) atoms. The van der Waals surface area contributed by atoms with Crippen molar-refractivity contribution < 1.29 is 14.3 Å². The van der Waals surface area contributed by atoms with Crippen LogP contribution in [0.3, 0.4) is 0 Å². The van der Waals surface area contributed by atoms with Crippen molar-refractivity contribution in [1.29, 1.82) is 0 Å². The molecule has 0 radical (unpaired) electrons. The van der Waals surface area contributed by atoms with Crippen LogP contribution in [-0.2, 0) is 33.7 Å². The summed E-state index contributed by atoms with van der Waals surface area (Å²) in [5.74, 6) is -0.928. The van der Waals surface area contributed by atoms with Gasteiger partial charge in [-0.3, -0.25) is 19.0 Å². The van der Waals surface area contributed by atoms with Gasteiger partial charge in [0.1, 0.15) is 4.83 Å². The summed E-state index contributed by atoms with van der Waals surface area (Å²) in [5.41, 5.74) is 3.75. The lowest BCUT2D eigenvalue weighted by Gasteiger charge is -2.15. The number of carbonyl (C=O) groups excluding carboxylic acids is 2. The van der Waals surface area contributed by atoms with Gasteiger partial charge in [0.15, 0.2) is 6.10 Å². The first-order chi connectivity index (χ1) is 15.3. The first-order valence-electron chi connectivity index (χ1n) is 10.9. The molecule has 1 amide bonds. The lowest BCUT2D eigenvalue weighted by atomic mass is 9.97. The summed E-state index contributed by atoms with van der Waals surface area (Å²) >= 11 is 1.60. The number of anilines is 1. The number of aromatic nitrogens is 2. The highest BCUT2D eigenvalue weighted by Crippen LogP contribution is 2.33. The number of esters is 1. The molecular weight excluding hydrogens is 426 g/mol. The molecule has 7 nitrogen and oxygen atoms in total. The normalized spacial score (nSPS) is 14.1.